The summed E-state index contributed by atoms with van der Waals surface area (Å²) in [5.74, 6) is -0.414. The maximum atomic E-state index is 11.4. The highest BCUT2D eigenvalue weighted by Crippen LogP contribution is 2.35. The van der Waals surface area contributed by atoms with E-state index in [-0.39, 0.29) is 17.1 Å². The lowest BCUT2D eigenvalue weighted by Gasteiger charge is -2.17. The second-order valence-electron chi connectivity index (χ2n) is 3.71. The number of carbonyl (C=O) groups excluding carboxylic acids is 1. The fourth-order valence-electron chi connectivity index (χ4n) is 1.25. The SMILES string of the molecule is COC(=O)C(C)C(C)Sc1cc(Cl)ccc1Cl. The Labute approximate surface area is 116 Å². The zero-order chi connectivity index (χ0) is 13.0. The van der Waals surface area contributed by atoms with Gasteiger partial charge >= 0.3 is 5.97 Å². The molecule has 0 aliphatic carbocycles. The van der Waals surface area contributed by atoms with Crippen molar-refractivity contribution in [2.45, 2.75) is 24.0 Å². The van der Waals surface area contributed by atoms with Crippen molar-refractivity contribution in [3.63, 3.8) is 0 Å². The molecule has 0 aliphatic rings. The molecule has 0 fully saturated rings. The molecule has 0 amide bonds. The summed E-state index contributed by atoms with van der Waals surface area (Å²) in [6, 6.07) is 5.29. The van der Waals surface area contributed by atoms with Crippen LogP contribution in [0.25, 0.3) is 0 Å². The van der Waals surface area contributed by atoms with Crippen molar-refractivity contribution >= 4 is 40.9 Å². The van der Waals surface area contributed by atoms with Gasteiger partial charge in [-0.15, -0.1) is 11.8 Å². The molecule has 2 atom stereocenters. The van der Waals surface area contributed by atoms with Crippen LogP contribution in [0.2, 0.25) is 10.0 Å². The van der Waals surface area contributed by atoms with Crippen LogP contribution < -0.4 is 0 Å². The zero-order valence-electron chi connectivity index (χ0n) is 9.87. The Balaban J connectivity index is 2.77. The summed E-state index contributed by atoms with van der Waals surface area (Å²) in [7, 11) is 1.39. The van der Waals surface area contributed by atoms with Crippen molar-refractivity contribution in [3.8, 4) is 0 Å². The van der Waals surface area contributed by atoms with Crippen LogP contribution in [0.3, 0.4) is 0 Å². The molecular weight excluding hydrogens is 279 g/mol. The van der Waals surface area contributed by atoms with Crippen LogP contribution in [0.15, 0.2) is 23.1 Å². The molecule has 5 heteroatoms. The van der Waals surface area contributed by atoms with Gasteiger partial charge < -0.3 is 4.74 Å². The number of hydrogen-bond acceptors (Lipinski definition) is 3. The third-order valence-electron chi connectivity index (χ3n) is 2.48. The van der Waals surface area contributed by atoms with Gasteiger partial charge in [-0.2, -0.15) is 0 Å². The van der Waals surface area contributed by atoms with Crippen molar-refractivity contribution in [1.82, 2.24) is 0 Å². The van der Waals surface area contributed by atoms with Crippen molar-refractivity contribution in [1.29, 1.82) is 0 Å². The molecule has 0 spiro atoms. The van der Waals surface area contributed by atoms with Crippen LogP contribution in [-0.4, -0.2) is 18.3 Å². The molecule has 1 aromatic rings. The monoisotopic (exact) mass is 292 g/mol. The molecule has 0 radical (unpaired) electrons. The van der Waals surface area contributed by atoms with Gasteiger partial charge in [0.2, 0.25) is 0 Å². The fraction of sp³-hybridized carbons (Fsp3) is 0.417. The van der Waals surface area contributed by atoms with Crippen LogP contribution in [-0.2, 0) is 9.53 Å². The number of hydrogen-bond donors (Lipinski definition) is 0. The summed E-state index contributed by atoms with van der Waals surface area (Å²) in [5, 5.41) is 1.34. The molecule has 0 saturated carbocycles. The van der Waals surface area contributed by atoms with Gasteiger partial charge in [0, 0.05) is 15.2 Å². The van der Waals surface area contributed by atoms with Crippen molar-refractivity contribution in [2.24, 2.45) is 5.92 Å². The van der Waals surface area contributed by atoms with Gasteiger partial charge in [-0.3, -0.25) is 4.79 Å². The number of benzene rings is 1. The number of carbonyl (C=O) groups is 1. The molecule has 0 saturated heterocycles. The quantitative estimate of drug-likeness (QED) is 0.612. The van der Waals surface area contributed by atoms with E-state index in [1.54, 1.807) is 18.2 Å². The molecule has 0 aromatic heterocycles. The first-order valence-electron chi connectivity index (χ1n) is 5.15. The number of ether oxygens (including phenoxy) is 1. The van der Waals surface area contributed by atoms with E-state index in [1.807, 2.05) is 13.8 Å². The Kier molecular flexibility index (Phi) is 5.63. The Morgan fingerprint density at radius 1 is 1.35 bits per heavy atom. The van der Waals surface area contributed by atoms with E-state index in [1.165, 1.54) is 18.9 Å². The van der Waals surface area contributed by atoms with Crippen LogP contribution >= 0.6 is 35.0 Å². The number of esters is 1. The van der Waals surface area contributed by atoms with Gasteiger partial charge in [0.1, 0.15) is 0 Å². The Morgan fingerprint density at radius 2 is 2.00 bits per heavy atom. The maximum absolute atomic E-state index is 11.4. The van der Waals surface area contributed by atoms with Crippen LogP contribution in [0.5, 0.6) is 0 Å². The zero-order valence-corrected chi connectivity index (χ0v) is 12.2. The number of rotatable bonds is 4. The molecule has 0 aliphatic heterocycles. The molecule has 1 aromatic carbocycles. The van der Waals surface area contributed by atoms with Crippen LogP contribution in [0.1, 0.15) is 13.8 Å². The Morgan fingerprint density at radius 3 is 2.59 bits per heavy atom. The normalized spacial score (nSPS) is 14.2. The standard InChI is InChI=1S/C12H14Cl2O2S/c1-7(12(15)16-3)8(2)17-11-6-9(13)4-5-10(11)14/h4-8H,1-3H3. The highest BCUT2D eigenvalue weighted by atomic mass is 35.5. The molecule has 2 nitrogen and oxygen atoms in total. The van der Waals surface area contributed by atoms with Crippen LogP contribution in [0, 0.1) is 5.92 Å². The first-order valence-corrected chi connectivity index (χ1v) is 6.78. The third-order valence-corrected chi connectivity index (χ3v) is 4.53. The lowest BCUT2D eigenvalue weighted by Crippen LogP contribution is -2.21. The number of halogens is 2. The molecule has 0 heterocycles. The first kappa shape index (κ1) is 14.7. The molecule has 94 valence electrons. The first-order chi connectivity index (χ1) is 7.95. The van der Waals surface area contributed by atoms with E-state index in [9.17, 15) is 4.79 Å². The molecule has 0 N–H and O–H groups in total. The van der Waals surface area contributed by atoms with E-state index < -0.39 is 0 Å². The lowest BCUT2D eigenvalue weighted by atomic mass is 10.1. The minimum absolute atomic E-state index is 0.0680. The minimum atomic E-state index is -0.219. The largest absolute Gasteiger partial charge is 0.469 e. The topological polar surface area (TPSA) is 26.3 Å². The van der Waals surface area contributed by atoms with Gasteiger partial charge in [0.15, 0.2) is 0 Å². The average Bonchev–Trinajstić information content (AvgIpc) is 2.31. The van der Waals surface area contributed by atoms with Crippen molar-refractivity contribution in [3.05, 3.63) is 28.2 Å². The second-order valence-corrected chi connectivity index (χ2v) is 5.97. The van der Waals surface area contributed by atoms with Gasteiger partial charge in [-0.25, -0.2) is 0 Å². The summed E-state index contributed by atoms with van der Waals surface area (Å²) < 4.78 is 4.71. The van der Waals surface area contributed by atoms with Crippen molar-refractivity contribution < 1.29 is 9.53 Å². The highest BCUT2D eigenvalue weighted by Gasteiger charge is 2.22. The molecule has 17 heavy (non-hydrogen) atoms. The summed E-state index contributed by atoms with van der Waals surface area (Å²) in [6.07, 6.45) is 0. The second kappa shape index (κ2) is 6.53. The van der Waals surface area contributed by atoms with Crippen LogP contribution in [0.4, 0.5) is 0 Å². The van der Waals surface area contributed by atoms with Crippen molar-refractivity contribution in [2.75, 3.05) is 7.11 Å². The fourth-order valence-corrected chi connectivity index (χ4v) is 2.83. The summed E-state index contributed by atoms with van der Waals surface area (Å²) in [4.78, 5) is 12.3. The molecule has 0 bridgehead atoms. The Bertz CT molecular complexity index is 409. The van der Waals surface area contributed by atoms with Gasteiger partial charge in [0.25, 0.3) is 0 Å². The van der Waals surface area contributed by atoms with Gasteiger partial charge in [-0.1, -0.05) is 37.0 Å². The van der Waals surface area contributed by atoms with Gasteiger partial charge in [0.05, 0.1) is 18.1 Å². The molecule has 1 rings (SSSR count). The maximum Gasteiger partial charge on any atom is 0.309 e. The Hall–Kier alpha value is -0.380. The molecular formula is C12H14Cl2O2S. The smallest absolute Gasteiger partial charge is 0.309 e. The predicted octanol–water partition coefficient (Wildman–Crippen LogP) is 4.28. The average molecular weight is 293 g/mol. The highest BCUT2D eigenvalue weighted by molar-refractivity contribution is 8.00. The summed E-state index contributed by atoms with van der Waals surface area (Å²) >= 11 is 13.5. The predicted molar refractivity (Wildman–Crippen MR) is 73.0 cm³/mol. The molecule has 2 unspecified atom stereocenters. The van der Waals surface area contributed by atoms with E-state index in [0.29, 0.717) is 10.0 Å². The number of methoxy groups -OCH3 is 1. The van der Waals surface area contributed by atoms with E-state index in [4.69, 9.17) is 27.9 Å². The number of thioether (sulfide) groups is 1. The van der Waals surface area contributed by atoms with E-state index in [2.05, 4.69) is 0 Å². The lowest BCUT2D eigenvalue weighted by molar-refractivity contribution is -0.144. The third kappa shape index (κ3) is 4.09. The van der Waals surface area contributed by atoms with E-state index in [0.717, 1.165) is 4.90 Å². The van der Waals surface area contributed by atoms with E-state index >= 15 is 0 Å². The van der Waals surface area contributed by atoms with Gasteiger partial charge in [-0.05, 0) is 18.2 Å². The summed E-state index contributed by atoms with van der Waals surface area (Å²) in [5.41, 5.74) is 0. The minimum Gasteiger partial charge on any atom is -0.469 e. The summed E-state index contributed by atoms with van der Waals surface area (Å²) in [6.45, 7) is 3.80.